The highest BCUT2D eigenvalue weighted by Crippen LogP contribution is 2.16. The molecule has 0 aliphatic carbocycles. The standard InChI is InChI=1S/C15H19N5O2S/c1-2-22-15(21)14-18-12(11-23-14)10-19-5-7-20(8-6-19)13-9-16-3-4-17-13/h3-4,9,11H,2,5-8,10H2,1H3. The first-order chi connectivity index (χ1) is 11.3. The van der Waals surface area contributed by atoms with Crippen LogP contribution < -0.4 is 4.90 Å². The zero-order chi connectivity index (χ0) is 16.1. The first kappa shape index (κ1) is 15.8. The summed E-state index contributed by atoms with van der Waals surface area (Å²) < 4.78 is 4.97. The lowest BCUT2D eigenvalue weighted by molar-refractivity contribution is 0.0525. The van der Waals surface area contributed by atoms with E-state index in [1.165, 1.54) is 11.3 Å². The van der Waals surface area contributed by atoms with Crippen LogP contribution in [-0.2, 0) is 11.3 Å². The summed E-state index contributed by atoms with van der Waals surface area (Å²) >= 11 is 1.34. The molecule has 23 heavy (non-hydrogen) atoms. The minimum atomic E-state index is -0.337. The van der Waals surface area contributed by atoms with E-state index in [2.05, 4.69) is 24.8 Å². The van der Waals surface area contributed by atoms with Crippen LogP contribution in [0.4, 0.5) is 5.82 Å². The molecule has 3 heterocycles. The van der Waals surface area contributed by atoms with E-state index in [9.17, 15) is 4.79 Å². The van der Waals surface area contributed by atoms with Crippen molar-refractivity contribution in [1.29, 1.82) is 0 Å². The van der Waals surface area contributed by atoms with Crippen molar-refractivity contribution in [2.45, 2.75) is 13.5 Å². The number of carbonyl (C=O) groups excluding carboxylic acids is 1. The lowest BCUT2D eigenvalue weighted by Crippen LogP contribution is -2.46. The second-order valence-corrected chi connectivity index (χ2v) is 6.05. The molecule has 3 rings (SSSR count). The molecule has 0 amide bonds. The van der Waals surface area contributed by atoms with Crippen molar-refractivity contribution >= 4 is 23.1 Å². The highest BCUT2D eigenvalue weighted by atomic mass is 32.1. The van der Waals surface area contributed by atoms with Gasteiger partial charge in [-0.15, -0.1) is 11.3 Å². The summed E-state index contributed by atoms with van der Waals surface area (Å²) in [6.07, 6.45) is 5.19. The fourth-order valence-electron chi connectivity index (χ4n) is 2.48. The minimum Gasteiger partial charge on any atom is -0.461 e. The van der Waals surface area contributed by atoms with Crippen LogP contribution >= 0.6 is 11.3 Å². The van der Waals surface area contributed by atoms with Crippen molar-refractivity contribution in [2.75, 3.05) is 37.7 Å². The Hall–Kier alpha value is -2.06. The van der Waals surface area contributed by atoms with Crippen LogP contribution in [0.5, 0.6) is 0 Å². The average molecular weight is 333 g/mol. The number of thiazole rings is 1. The summed E-state index contributed by atoms with van der Waals surface area (Å²) in [5.74, 6) is 0.585. The van der Waals surface area contributed by atoms with E-state index in [1.54, 1.807) is 25.5 Å². The van der Waals surface area contributed by atoms with E-state index in [-0.39, 0.29) is 5.97 Å². The maximum atomic E-state index is 11.6. The van der Waals surface area contributed by atoms with E-state index in [1.807, 2.05) is 5.38 Å². The van der Waals surface area contributed by atoms with Gasteiger partial charge in [-0.1, -0.05) is 0 Å². The number of rotatable bonds is 5. The molecule has 1 aliphatic heterocycles. The van der Waals surface area contributed by atoms with Gasteiger partial charge in [-0.25, -0.2) is 14.8 Å². The Morgan fingerprint density at radius 1 is 1.30 bits per heavy atom. The summed E-state index contributed by atoms with van der Waals surface area (Å²) in [5, 5.41) is 2.36. The third-order valence-electron chi connectivity index (χ3n) is 3.63. The second kappa shape index (κ2) is 7.47. The highest BCUT2D eigenvalue weighted by Gasteiger charge is 2.20. The largest absolute Gasteiger partial charge is 0.461 e. The number of hydrogen-bond donors (Lipinski definition) is 0. The number of ether oxygens (including phenoxy) is 1. The molecule has 2 aromatic heterocycles. The van der Waals surface area contributed by atoms with Gasteiger partial charge < -0.3 is 9.64 Å². The molecule has 0 atom stereocenters. The minimum absolute atomic E-state index is 0.337. The third-order valence-corrected chi connectivity index (χ3v) is 4.50. The van der Waals surface area contributed by atoms with Crippen LogP contribution in [-0.4, -0.2) is 58.6 Å². The molecule has 0 saturated carbocycles. The van der Waals surface area contributed by atoms with E-state index in [0.717, 1.165) is 44.2 Å². The molecule has 0 unspecified atom stereocenters. The number of nitrogens with zero attached hydrogens (tertiary/aromatic N) is 5. The predicted octanol–water partition coefficient (Wildman–Crippen LogP) is 1.43. The lowest BCUT2D eigenvalue weighted by atomic mass is 10.3. The maximum Gasteiger partial charge on any atom is 0.367 e. The molecule has 7 nitrogen and oxygen atoms in total. The van der Waals surface area contributed by atoms with Gasteiger partial charge >= 0.3 is 5.97 Å². The molecule has 2 aromatic rings. The van der Waals surface area contributed by atoms with Crippen LogP contribution in [0.2, 0.25) is 0 Å². The van der Waals surface area contributed by atoms with Crippen molar-refractivity contribution < 1.29 is 9.53 Å². The van der Waals surface area contributed by atoms with E-state index in [4.69, 9.17) is 4.74 Å². The smallest absolute Gasteiger partial charge is 0.367 e. The highest BCUT2D eigenvalue weighted by molar-refractivity contribution is 7.11. The third kappa shape index (κ3) is 4.02. The monoisotopic (exact) mass is 333 g/mol. The molecular weight excluding hydrogens is 314 g/mol. The molecule has 8 heteroatoms. The van der Waals surface area contributed by atoms with E-state index < -0.39 is 0 Å². The van der Waals surface area contributed by atoms with Crippen LogP contribution in [0.3, 0.4) is 0 Å². The van der Waals surface area contributed by atoms with Gasteiger partial charge in [-0.2, -0.15) is 0 Å². The SMILES string of the molecule is CCOC(=O)c1nc(CN2CCN(c3cnccn3)CC2)cs1. The van der Waals surface area contributed by atoms with E-state index in [0.29, 0.717) is 11.6 Å². The Bertz CT molecular complexity index is 640. The molecule has 1 fully saturated rings. The Morgan fingerprint density at radius 2 is 2.13 bits per heavy atom. The van der Waals surface area contributed by atoms with Crippen LogP contribution in [0.25, 0.3) is 0 Å². The number of hydrogen-bond acceptors (Lipinski definition) is 8. The van der Waals surface area contributed by atoms with Crippen molar-refractivity contribution in [1.82, 2.24) is 19.9 Å². The van der Waals surface area contributed by atoms with Gasteiger partial charge in [0, 0.05) is 50.5 Å². The van der Waals surface area contributed by atoms with Gasteiger partial charge in [0.2, 0.25) is 5.01 Å². The summed E-state index contributed by atoms with van der Waals surface area (Å²) in [7, 11) is 0. The number of aromatic nitrogens is 3. The molecule has 0 N–H and O–H groups in total. The quantitative estimate of drug-likeness (QED) is 0.767. The molecule has 122 valence electrons. The van der Waals surface area contributed by atoms with Crippen molar-refractivity contribution in [3.8, 4) is 0 Å². The molecule has 1 aliphatic rings. The zero-order valence-corrected chi connectivity index (χ0v) is 13.8. The molecular formula is C15H19N5O2S. The van der Waals surface area contributed by atoms with Gasteiger partial charge in [0.25, 0.3) is 0 Å². The molecule has 1 saturated heterocycles. The first-order valence-corrected chi connectivity index (χ1v) is 8.49. The van der Waals surface area contributed by atoms with Crippen molar-refractivity contribution in [3.63, 3.8) is 0 Å². The van der Waals surface area contributed by atoms with Gasteiger partial charge in [-0.05, 0) is 6.92 Å². The number of carbonyl (C=O) groups is 1. The maximum absolute atomic E-state index is 11.6. The first-order valence-electron chi connectivity index (χ1n) is 7.61. The molecule has 0 aromatic carbocycles. The number of piperazine rings is 1. The fraction of sp³-hybridized carbons (Fsp3) is 0.467. The summed E-state index contributed by atoms with van der Waals surface area (Å²) in [6.45, 7) is 6.61. The summed E-state index contributed by atoms with van der Waals surface area (Å²) in [6, 6.07) is 0. The Kier molecular flexibility index (Phi) is 5.14. The van der Waals surface area contributed by atoms with Crippen LogP contribution in [0.1, 0.15) is 22.4 Å². The van der Waals surface area contributed by atoms with Crippen molar-refractivity contribution in [2.24, 2.45) is 0 Å². The molecule has 0 radical (unpaired) electrons. The number of anilines is 1. The second-order valence-electron chi connectivity index (χ2n) is 5.19. The summed E-state index contributed by atoms with van der Waals surface area (Å²) in [5.41, 5.74) is 0.922. The van der Waals surface area contributed by atoms with Gasteiger partial charge in [0.1, 0.15) is 5.82 Å². The topological polar surface area (TPSA) is 71.5 Å². The summed E-state index contributed by atoms with van der Waals surface area (Å²) in [4.78, 5) is 29.0. The normalized spacial score (nSPS) is 15.6. The zero-order valence-electron chi connectivity index (χ0n) is 13.0. The molecule has 0 bridgehead atoms. The van der Waals surface area contributed by atoms with Crippen LogP contribution in [0, 0.1) is 0 Å². The van der Waals surface area contributed by atoms with Crippen molar-refractivity contribution in [3.05, 3.63) is 34.7 Å². The van der Waals surface area contributed by atoms with Crippen LogP contribution in [0.15, 0.2) is 24.0 Å². The fourth-order valence-corrected chi connectivity index (χ4v) is 3.18. The lowest BCUT2D eigenvalue weighted by Gasteiger charge is -2.34. The van der Waals surface area contributed by atoms with Gasteiger partial charge in [-0.3, -0.25) is 9.88 Å². The van der Waals surface area contributed by atoms with E-state index >= 15 is 0 Å². The Morgan fingerprint density at radius 3 is 2.83 bits per heavy atom. The van der Waals surface area contributed by atoms with Gasteiger partial charge in [0.05, 0.1) is 18.5 Å². The number of esters is 1. The molecule has 0 spiro atoms. The van der Waals surface area contributed by atoms with Gasteiger partial charge in [0.15, 0.2) is 0 Å². The predicted molar refractivity (Wildman–Crippen MR) is 87.6 cm³/mol. The average Bonchev–Trinajstić information content (AvgIpc) is 3.05. The Labute approximate surface area is 138 Å². The Balaban J connectivity index is 1.52.